The van der Waals surface area contributed by atoms with Gasteiger partial charge in [0.2, 0.25) is 5.95 Å². The van der Waals surface area contributed by atoms with Gasteiger partial charge in [0.15, 0.2) is 0 Å². The lowest BCUT2D eigenvalue weighted by atomic mass is 10.2. The second kappa shape index (κ2) is 7.77. The van der Waals surface area contributed by atoms with Crippen LogP contribution >= 0.6 is 11.3 Å². The molecule has 31 heavy (non-hydrogen) atoms. The van der Waals surface area contributed by atoms with E-state index in [9.17, 15) is 4.79 Å². The first kappa shape index (κ1) is 19.7. The maximum atomic E-state index is 13.2. The van der Waals surface area contributed by atoms with Gasteiger partial charge in [0, 0.05) is 43.0 Å². The Morgan fingerprint density at radius 3 is 2.29 bits per heavy atom. The summed E-state index contributed by atoms with van der Waals surface area (Å²) in [4.78, 5) is 28.2. The number of carbonyl (C=O) groups is 1. The van der Waals surface area contributed by atoms with E-state index in [4.69, 9.17) is 0 Å². The maximum Gasteiger partial charge on any atom is 0.264 e. The van der Waals surface area contributed by atoms with Crippen molar-refractivity contribution in [2.24, 2.45) is 0 Å². The van der Waals surface area contributed by atoms with Gasteiger partial charge in [-0.1, -0.05) is 18.2 Å². The molecule has 1 aliphatic heterocycles. The van der Waals surface area contributed by atoms with Crippen LogP contribution in [0, 0.1) is 20.8 Å². The molecule has 1 aromatic carbocycles. The highest BCUT2D eigenvalue weighted by molar-refractivity contribution is 7.20. The van der Waals surface area contributed by atoms with Gasteiger partial charge in [-0.25, -0.2) is 14.6 Å². The minimum Gasteiger partial charge on any atom is -0.337 e. The van der Waals surface area contributed by atoms with Crippen LogP contribution in [0.15, 0.2) is 42.5 Å². The molecule has 5 rings (SSSR count). The predicted octanol–water partition coefficient (Wildman–Crippen LogP) is 3.76. The van der Waals surface area contributed by atoms with E-state index >= 15 is 0 Å². The highest BCUT2D eigenvalue weighted by atomic mass is 32.1. The average Bonchev–Trinajstić information content (AvgIpc) is 3.34. The van der Waals surface area contributed by atoms with Crippen LogP contribution in [-0.2, 0) is 0 Å². The Labute approximate surface area is 185 Å². The number of hydrogen-bond donors (Lipinski definition) is 0. The first-order valence-electron chi connectivity index (χ1n) is 10.4. The molecule has 0 radical (unpaired) electrons. The summed E-state index contributed by atoms with van der Waals surface area (Å²) in [6, 6.07) is 14.0. The van der Waals surface area contributed by atoms with Crippen LogP contribution in [0.3, 0.4) is 0 Å². The van der Waals surface area contributed by atoms with E-state index in [1.807, 2.05) is 72.8 Å². The minimum atomic E-state index is 0.0844. The van der Waals surface area contributed by atoms with Gasteiger partial charge in [-0.3, -0.25) is 4.79 Å². The Kier molecular flexibility index (Phi) is 4.94. The molecular formula is C23H24N6OS. The van der Waals surface area contributed by atoms with Crippen molar-refractivity contribution in [3.05, 3.63) is 64.4 Å². The van der Waals surface area contributed by atoms with Gasteiger partial charge >= 0.3 is 0 Å². The molecule has 1 amide bonds. The number of aromatic nitrogens is 4. The summed E-state index contributed by atoms with van der Waals surface area (Å²) in [6.45, 7) is 8.74. The number of piperazine rings is 1. The number of nitrogens with zero attached hydrogens (tertiary/aromatic N) is 6. The second-order valence-corrected chi connectivity index (χ2v) is 8.92. The first-order valence-corrected chi connectivity index (χ1v) is 11.2. The Morgan fingerprint density at radius 1 is 0.935 bits per heavy atom. The molecule has 0 saturated carbocycles. The summed E-state index contributed by atoms with van der Waals surface area (Å²) in [5.74, 6) is 0.839. The average molecular weight is 433 g/mol. The third-order valence-corrected chi connectivity index (χ3v) is 6.67. The number of thiophene rings is 1. The highest BCUT2D eigenvalue weighted by Crippen LogP contribution is 2.31. The largest absolute Gasteiger partial charge is 0.337 e. The Morgan fingerprint density at radius 2 is 1.61 bits per heavy atom. The van der Waals surface area contributed by atoms with E-state index in [1.54, 1.807) is 0 Å². The van der Waals surface area contributed by atoms with Gasteiger partial charge in [-0.15, -0.1) is 11.3 Å². The summed E-state index contributed by atoms with van der Waals surface area (Å²) in [6.07, 6.45) is 0. The number of aryl methyl sites for hydroxylation is 3. The normalized spacial score (nSPS) is 14.4. The molecule has 1 saturated heterocycles. The zero-order valence-electron chi connectivity index (χ0n) is 17.9. The van der Waals surface area contributed by atoms with Gasteiger partial charge in [-0.05, 0) is 45.0 Å². The highest BCUT2D eigenvalue weighted by Gasteiger charge is 2.26. The predicted molar refractivity (Wildman–Crippen MR) is 123 cm³/mol. The van der Waals surface area contributed by atoms with Gasteiger partial charge in [0.1, 0.15) is 4.83 Å². The molecule has 4 heterocycles. The van der Waals surface area contributed by atoms with Crippen LogP contribution in [0.25, 0.3) is 15.9 Å². The quantitative estimate of drug-likeness (QED) is 0.493. The minimum absolute atomic E-state index is 0.0844. The van der Waals surface area contributed by atoms with Crippen molar-refractivity contribution < 1.29 is 4.79 Å². The van der Waals surface area contributed by atoms with Gasteiger partial charge < -0.3 is 9.80 Å². The molecule has 3 aromatic heterocycles. The van der Waals surface area contributed by atoms with E-state index in [0.29, 0.717) is 13.1 Å². The number of amides is 1. The number of carbonyl (C=O) groups excluding carboxylic acids is 1. The molecule has 158 valence electrons. The van der Waals surface area contributed by atoms with Crippen molar-refractivity contribution in [3.63, 3.8) is 0 Å². The zero-order valence-corrected chi connectivity index (χ0v) is 18.7. The topological polar surface area (TPSA) is 67.2 Å². The van der Waals surface area contributed by atoms with Crippen molar-refractivity contribution in [1.82, 2.24) is 24.6 Å². The molecule has 8 heteroatoms. The Bertz CT molecular complexity index is 1230. The fraction of sp³-hybridized carbons (Fsp3) is 0.304. The third-order valence-electron chi connectivity index (χ3n) is 5.58. The van der Waals surface area contributed by atoms with Gasteiger partial charge in [0.05, 0.1) is 16.3 Å². The van der Waals surface area contributed by atoms with Crippen LogP contribution in [0.4, 0.5) is 5.95 Å². The smallest absolute Gasteiger partial charge is 0.264 e. The number of rotatable bonds is 3. The lowest BCUT2D eigenvalue weighted by Gasteiger charge is -2.34. The van der Waals surface area contributed by atoms with Crippen molar-refractivity contribution in [2.75, 3.05) is 31.1 Å². The van der Waals surface area contributed by atoms with Gasteiger partial charge in [0.25, 0.3) is 5.91 Å². The van der Waals surface area contributed by atoms with E-state index in [0.717, 1.165) is 56.9 Å². The van der Waals surface area contributed by atoms with Crippen molar-refractivity contribution in [1.29, 1.82) is 0 Å². The SMILES string of the molecule is Cc1cc(C)nc(N2CCN(C(=O)c3cc4c(C)nn(-c5ccccc5)c4s3)CC2)n1. The van der Waals surface area contributed by atoms with Crippen LogP contribution in [0.2, 0.25) is 0 Å². The number of anilines is 1. The van der Waals surface area contributed by atoms with Crippen LogP contribution < -0.4 is 4.90 Å². The molecule has 0 spiro atoms. The molecule has 0 atom stereocenters. The maximum absolute atomic E-state index is 13.2. The van der Waals surface area contributed by atoms with Crippen molar-refractivity contribution in [2.45, 2.75) is 20.8 Å². The van der Waals surface area contributed by atoms with Crippen LogP contribution in [0.5, 0.6) is 0 Å². The van der Waals surface area contributed by atoms with E-state index in [1.165, 1.54) is 11.3 Å². The molecule has 0 N–H and O–H groups in total. The lowest BCUT2D eigenvalue weighted by Crippen LogP contribution is -2.49. The van der Waals surface area contributed by atoms with Crippen molar-refractivity contribution in [3.8, 4) is 5.69 Å². The van der Waals surface area contributed by atoms with E-state index < -0.39 is 0 Å². The summed E-state index contributed by atoms with van der Waals surface area (Å²) in [5, 5.41) is 5.71. The van der Waals surface area contributed by atoms with Crippen LogP contribution in [0.1, 0.15) is 26.8 Å². The fourth-order valence-corrected chi connectivity index (χ4v) is 5.16. The number of fused-ring (bicyclic) bond motifs is 1. The molecule has 7 nitrogen and oxygen atoms in total. The standard InChI is InChI=1S/C23H24N6OS/c1-15-13-16(2)25-23(24-15)28-11-9-27(10-12-28)21(30)20-14-19-17(3)26-29(22(19)31-20)18-7-5-4-6-8-18/h4-8,13-14H,9-12H2,1-3H3. The monoisotopic (exact) mass is 432 g/mol. The molecule has 0 bridgehead atoms. The first-order chi connectivity index (χ1) is 15.0. The molecular weight excluding hydrogens is 408 g/mol. The zero-order chi connectivity index (χ0) is 21.5. The van der Waals surface area contributed by atoms with Gasteiger partial charge in [-0.2, -0.15) is 5.10 Å². The fourth-order valence-electron chi connectivity index (χ4n) is 4.01. The molecule has 0 aliphatic carbocycles. The van der Waals surface area contributed by atoms with Crippen molar-refractivity contribution >= 4 is 33.4 Å². The number of benzene rings is 1. The van der Waals surface area contributed by atoms with E-state index in [2.05, 4.69) is 20.0 Å². The Hall–Kier alpha value is -3.26. The molecule has 4 aromatic rings. The second-order valence-electron chi connectivity index (χ2n) is 7.89. The number of para-hydroxylation sites is 1. The molecule has 0 unspecified atom stereocenters. The third kappa shape index (κ3) is 3.67. The summed E-state index contributed by atoms with van der Waals surface area (Å²) in [5.41, 5.74) is 3.87. The molecule has 1 fully saturated rings. The van der Waals surface area contributed by atoms with E-state index in [-0.39, 0.29) is 5.91 Å². The van der Waals surface area contributed by atoms with Crippen LogP contribution in [-0.4, -0.2) is 56.7 Å². The lowest BCUT2D eigenvalue weighted by molar-refractivity contribution is 0.0751. The summed E-state index contributed by atoms with van der Waals surface area (Å²) >= 11 is 1.51. The summed E-state index contributed by atoms with van der Waals surface area (Å²) in [7, 11) is 0. The molecule has 1 aliphatic rings. The Balaban J connectivity index is 1.35. The summed E-state index contributed by atoms with van der Waals surface area (Å²) < 4.78 is 1.93. The number of hydrogen-bond acceptors (Lipinski definition) is 6.